The van der Waals surface area contributed by atoms with E-state index in [0.717, 1.165) is 36.5 Å². The van der Waals surface area contributed by atoms with Crippen LogP contribution < -0.4 is 10.2 Å². The van der Waals surface area contributed by atoms with Gasteiger partial charge in [0, 0.05) is 42.5 Å². The lowest BCUT2D eigenvalue weighted by Crippen LogP contribution is -2.41. The summed E-state index contributed by atoms with van der Waals surface area (Å²) in [6.45, 7) is 1.42. The minimum absolute atomic E-state index is 0.0256. The monoisotopic (exact) mass is 433 g/mol. The smallest absolute Gasteiger partial charge is 0.231 e. The molecule has 0 aliphatic carbocycles. The van der Waals surface area contributed by atoms with Gasteiger partial charge in [0.1, 0.15) is 24.8 Å². The fourth-order valence-corrected chi connectivity index (χ4v) is 4.27. The van der Waals surface area contributed by atoms with Crippen molar-refractivity contribution in [3.8, 4) is 17.1 Å². The van der Waals surface area contributed by atoms with Crippen LogP contribution in [0.25, 0.3) is 17.1 Å². The Bertz CT molecular complexity index is 1160. The highest BCUT2D eigenvalue weighted by molar-refractivity contribution is 7.14. The van der Waals surface area contributed by atoms with E-state index < -0.39 is 0 Å². The third-order valence-electron chi connectivity index (χ3n) is 5.10. The molecule has 1 saturated heterocycles. The fraction of sp³-hybridized carbons (Fsp3) is 0.250. The van der Waals surface area contributed by atoms with Gasteiger partial charge in [-0.1, -0.05) is 0 Å². The number of carbonyl (C=O) groups excluding carboxylic acids is 1. The molecule has 1 unspecified atom stereocenters. The van der Waals surface area contributed by atoms with Crippen LogP contribution in [0.3, 0.4) is 0 Å². The molecular formula is C20H19N9OS. The summed E-state index contributed by atoms with van der Waals surface area (Å²) in [6.07, 6.45) is 9.76. The van der Waals surface area contributed by atoms with Gasteiger partial charge in [0.2, 0.25) is 5.91 Å². The highest BCUT2D eigenvalue weighted by Crippen LogP contribution is 2.27. The van der Waals surface area contributed by atoms with Gasteiger partial charge < -0.3 is 10.2 Å². The van der Waals surface area contributed by atoms with Crippen LogP contribution in [0.4, 0.5) is 10.9 Å². The molecule has 156 valence electrons. The topological polar surface area (TPSA) is 115 Å². The molecule has 4 aromatic rings. The number of rotatable bonds is 5. The van der Waals surface area contributed by atoms with Gasteiger partial charge in [-0.3, -0.25) is 9.78 Å². The predicted octanol–water partition coefficient (Wildman–Crippen LogP) is 2.43. The Balaban J connectivity index is 1.26. The average molecular weight is 434 g/mol. The molecule has 1 amide bonds. The van der Waals surface area contributed by atoms with Crippen molar-refractivity contribution in [2.75, 3.05) is 23.3 Å². The first-order chi connectivity index (χ1) is 15.3. The van der Waals surface area contributed by atoms with Crippen molar-refractivity contribution in [1.29, 1.82) is 0 Å². The molecule has 0 spiro atoms. The number of aromatic nitrogens is 7. The normalized spacial score (nSPS) is 16.3. The van der Waals surface area contributed by atoms with Crippen molar-refractivity contribution in [3.63, 3.8) is 0 Å². The number of nitrogens with zero attached hydrogens (tertiary/aromatic N) is 8. The average Bonchev–Trinajstić information content (AvgIpc) is 3.53. The highest BCUT2D eigenvalue weighted by atomic mass is 32.1. The van der Waals surface area contributed by atoms with Crippen LogP contribution >= 0.6 is 11.3 Å². The SMILES string of the molecule is O=C(Nc1nc(-c2cccnc2)cs1)C1CCCN(c2cc(-n3cncn3)ncn2)C1. The number of thiazole rings is 1. The van der Waals surface area contributed by atoms with E-state index in [1.165, 1.54) is 24.0 Å². The second-order valence-electron chi connectivity index (χ2n) is 7.13. The molecule has 0 saturated carbocycles. The van der Waals surface area contributed by atoms with Gasteiger partial charge >= 0.3 is 0 Å². The summed E-state index contributed by atoms with van der Waals surface area (Å²) in [5.41, 5.74) is 1.73. The Kier molecular flexibility index (Phi) is 5.31. The van der Waals surface area contributed by atoms with Crippen LogP contribution in [0.2, 0.25) is 0 Å². The lowest BCUT2D eigenvalue weighted by atomic mass is 9.97. The molecule has 4 aromatic heterocycles. The van der Waals surface area contributed by atoms with Crippen LogP contribution in [0.1, 0.15) is 12.8 Å². The zero-order valence-corrected chi connectivity index (χ0v) is 17.3. The molecule has 1 aliphatic heterocycles. The summed E-state index contributed by atoms with van der Waals surface area (Å²) in [7, 11) is 0. The van der Waals surface area contributed by atoms with Crippen LogP contribution in [-0.4, -0.2) is 53.7 Å². The van der Waals surface area contributed by atoms with E-state index in [9.17, 15) is 4.79 Å². The fourth-order valence-electron chi connectivity index (χ4n) is 3.55. The van der Waals surface area contributed by atoms with Gasteiger partial charge in [-0.2, -0.15) is 5.10 Å². The second kappa shape index (κ2) is 8.56. The quantitative estimate of drug-likeness (QED) is 0.510. The van der Waals surface area contributed by atoms with Crippen molar-refractivity contribution in [3.05, 3.63) is 55.0 Å². The highest BCUT2D eigenvalue weighted by Gasteiger charge is 2.27. The minimum atomic E-state index is -0.149. The van der Waals surface area contributed by atoms with Gasteiger partial charge in [0.25, 0.3) is 0 Å². The third kappa shape index (κ3) is 4.26. The van der Waals surface area contributed by atoms with Gasteiger partial charge in [-0.05, 0) is 25.0 Å². The lowest BCUT2D eigenvalue weighted by molar-refractivity contribution is -0.120. The molecule has 10 nitrogen and oxygen atoms in total. The van der Waals surface area contributed by atoms with E-state index in [-0.39, 0.29) is 11.8 Å². The van der Waals surface area contributed by atoms with Crippen molar-refractivity contribution in [2.45, 2.75) is 12.8 Å². The molecule has 0 radical (unpaired) electrons. The Hall–Kier alpha value is -3.73. The molecule has 1 aliphatic rings. The van der Waals surface area contributed by atoms with Crippen LogP contribution in [0.15, 0.2) is 55.0 Å². The number of carbonyl (C=O) groups is 1. The summed E-state index contributed by atoms with van der Waals surface area (Å²) in [5.74, 6) is 1.23. The van der Waals surface area contributed by atoms with E-state index in [0.29, 0.717) is 17.5 Å². The van der Waals surface area contributed by atoms with E-state index >= 15 is 0 Å². The van der Waals surface area contributed by atoms with Gasteiger partial charge in [0.05, 0.1) is 11.6 Å². The molecule has 1 atom stereocenters. The first-order valence-corrected chi connectivity index (χ1v) is 10.7. The van der Waals surface area contributed by atoms with Crippen molar-refractivity contribution >= 4 is 28.2 Å². The lowest BCUT2D eigenvalue weighted by Gasteiger charge is -2.32. The zero-order chi connectivity index (χ0) is 21.0. The number of pyridine rings is 1. The molecule has 1 N–H and O–H groups in total. The Morgan fingerprint density at radius 1 is 1.19 bits per heavy atom. The molecule has 0 aromatic carbocycles. The maximum Gasteiger partial charge on any atom is 0.231 e. The summed E-state index contributed by atoms with van der Waals surface area (Å²) >= 11 is 1.41. The number of amides is 1. The van der Waals surface area contributed by atoms with E-state index in [1.54, 1.807) is 23.4 Å². The van der Waals surface area contributed by atoms with E-state index in [4.69, 9.17) is 0 Å². The van der Waals surface area contributed by atoms with Crippen LogP contribution in [0, 0.1) is 5.92 Å². The number of hydrogen-bond acceptors (Lipinski definition) is 9. The van der Waals surface area contributed by atoms with E-state index in [2.05, 4.69) is 40.2 Å². The summed E-state index contributed by atoms with van der Waals surface area (Å²) in [6, 6.07) is 5.67. The first kappa shape index (κ1) is 19.2. The van der Waals surface area contributed by atoms with Gasteiger partial charge in [-0.25, -0.2) is 24.6 Å². The Labute approximate surface area is 182 Å². The standard InChI is InChI=1S/C20H19N9OS/c30-19(27-20-26-16(10-31-20)14-3-1-5-21-8-14)15-4-2-6-28(9-15)17-7-18(24-12-23-17)29-13-22-11-25-29/h1,3,5,7-8,10-13,15H,2,4,6,9H2,(H,26,27,30). The van der Waals surface area contributed by atoms with Gasteiger partial charge in [0.15, 0.2) is 10.9 Å². The number of nitrogens with one attached hydrogen (secondary N) is 1. The van der Waals surface area contributed by atoms with E-state index in [1.807, 2.05) is 23.6 Å². The van der Waals surface area contributed by atoms with Gasteiger partial charge in [-0.15, -0.1) is 11.3 Å². The second-order valence-corrected chi connectivity index (χ2v) is 7.99. The molecule has 31 heavy (non-hydrogen) atoms. The number of anilines is 2. The summed E-state index contributed by atoms with van der Waals surface area (Å²) < 4.78 is 1.58. The summed E-state index contributed by atoms with van der Waals surface area (Å²) in [5, 5.41) is 9.60. The van der Waals surface area contributed by atoms with Crippen molar-refractivity contribution in [1.82, 2.24) is 34.7 Å². The van der Waals surface area contributed by atoms with Crippen LogP contribution in [-0.2, 0) is 4.79 Å². The summed E-state index contributed by atoms with van der Waals surface area (Å²) in [4.78, 5) is 36.3. The molecule has 5 rings (SSSR count). The zero-order valence-electron chi connectivity index (χ0n) is 16.5. The first-order valence-electron chi connectivity index (χ1n) is 9.85. The number of piperidine rings is 1. The van der Waals surface area contributed by atoms with Crippen molar-refractivity contribution < 1.29 is 4.79 Å². The Morgan fingerprint density at radius 2 is 2.13 bits per heavy atom. The molecule has 11 heteroatoms. The predicted molar refractivity (Wildman–Crippen MR) is 116 cm³/mol. The molecule has 5 heterocycles. The molecule has 0 bridgehead atoms. The maximum atomic E-state index is 12.9. The third-order valence-corrected chi connectivity index (χ3v) is 5.86. The minimum Gasteiger partial charge on any atom is -0.356 e. The molecule has 1 fully saturated rings. The molecular weight excluding hydrogens is 414 g/mol. The number of hydrogen-bond donors (Lipinski definition) is 1. The largest absolute Gasteiger partial charge is 0.356 e. The Morgan fingerprint density at radius 3 is 2.97 bits per heavy atom. The van der Waals surface area contributed by atoms with Crippen LogP contribution in [0.5, 0.6) is 0 Å². The van der Waals surface area contributed by atoms with Crippen molar-refractivity contribution in [2.24, 2.45) is 5.92 Å². The maximum absolute atomic E-state index is 12.9.